The zero-order valence-corrected chi connectivity index (χ0v) is 13.7. The predicted molar refractivity (Wildman–Crippen MR) is 89.6 cm³/mol. The van der Waals surface area contributed by atoms with Gasteiger partial charge in [-0.1, -0.05) is 31.4 Å². The normalized spacial score (nSPS) is 14.2. The summed E-state index contributed by atoms with van der Waals surface area (Å²) in [5, 5.41) is 4.10. The molecule has 0 unspecified atom stereocenters. The first-order valence-electron chi connectivity index (χ1n) is 7.64. The first kappa shape index (κ1) is 16.1. The molecule has 4 heteroatoms. The second kappa shape index (κ2) is 7.68. The molecule has 1 heterocycles. The molecule has 0 aromatic carbocycles. The van der Waals surface area contributed by atoms with E-state index in [4.69, 9.17) is 23.0 Å². The minimum atomic E-state index is 0.601. The van der Waals surface area contributed by atoms with Gasteiger partial charge in [0.1, 0.15) is 5.82 Å². The first-order chi connectivity index (χ1) is 10.1. The van der Waals surface area contributed by atoms with Gasteiger partial charge in [0.2, 0.25) is 0 Å². The second-order valence-electron chi connectivity index (χ2n) is 6.15. The molecule has 114 valence electrons. The molecule has 2 rings (SSSR count). The molecule has 0 atom stereocenters. The fourth-order valence-electron chi connectivity index (χ4n) is 2.21. The number of halogens is 1. The van der Waals surface area contributed by atoms with Gasteiger partial charge in [0, 0.05) is 13.1 Å². The molecule has 0 saturated heterocycles. The van der Waals surface area contributed by atoms with Gasteiger partial charge >= 0.3 is 0 Å². The Morgan fingerprint density at radius 2 is 2.24 bits per heavy atom. The van der Waals surface area contributed by atoms with Crippen molar-refractivity contribution in [2.45, 2.75) is 33.2 Å². The number of hydrogen-bond acceptors (Lipinski definition) is 3. The highest BCUT2D eigenvalue weighted by atomic mass is 35.5. The van der Waals surface area contributed by atoms with Crippen LogP contribution in [0.1, 0.15) is 32.4 Å². The number of nitrogens with zero attached hydrogens (tertiary/aromatic N) is 2. The van der Waals surface area contributed by atoms with Crippen molar-refractivity contribution < 1.29 is 0 Å². The summed E-state index contributed by atoms with van der Waals surface area (Å²) in [6.45, 7) is 7.61. The van der Waals surface area contributed by atoms with Crippen molar-refractivity contribution in [3.63, 3.8) is 0 Å². The van der Waals surface area contributed by atoms with Crippen LogP contribution in [0.2, 0.25) is 5.02 Å². The lowest BCUT2D eigenvalue weighted by atomic mass is 10.2. The van der Waals surface area contributed by atoms with Crippen LogP contribution in [0.25, 0.3) is 0 Å². The maximum atomic E-state index is 6.25. The summed E-state index contributed by atoms with van der Waals surface area (Å²) >= 11 is 6.25. The number of anilines is 1. The smallest absolute Gasteiger partial charge is 0.129 e. The molecule has 0 radical (unpaired) electrons. The Kier molecular flexibility index (Phi) is 5.90. The Morgan fingerprint density at radius 1 is 1.48 bits per heavy atom. The quantitative estimate of drug-likeness (QED) is 0.747. The van der Waals surface area contributed by atoms with E-state index in [-0.39, 0.29) is 0 Å². The maximum Gasteiger partial charge on any atom is 0.129 e. The Morgan fingerprint density at radius 3 is 2.86 bits per heavy atom. The summed E-state index contributed by atoms with van der Waals surface area (Å²) in [6, 6.07) is 3.89. The van der Waals surface area contributed by atoms with Gasteiger partial charge in [-0.3, -0.25) is 0 Å². The van der Waals surface area contributed by atoms with E-state index in [0.29, 0.717) is 24.0 Å². The van der Waals surface area contributed by atoms with Crippen LogP contribution in [0.3, 0.4) is 0 Å². The van der Waals surface area contributed by atoms with E-state index in [0.717, 1.165) is 30.5 Å². The average Bonchev–Trinajstić information content (AvgIpc) is 3.24. The van der Waals surface area contributed by atoms with Crippen molar-refractivity contribution >= 4 is 17.4 Å². The standard InChI is InChI=1S/C17H24ClN3/c1-4-9-21(12-14-5-6-14)17-8-7-15(18)16(20-17)11-19-10-13(2)3/h1,7-8,13-14,19H,5-6,9-12H2,2-3H3. The van der Waals surface area contributed by atoms with E-state index >= 15 is 0 Å². The number of aromatic nitrogens is 1. The first-order valence-corrected chi connectivity index (χ1v) is 8.02. The van der Waals surface area contributed by atoms with Crippen LogP contribution in [-0.4, -0.2) is 24.6 Å². The molecule has 1 aromatic heterocycles. The lowest BCUT2D eigenvalue weighted by molar-refractivity contribution is 0.548. The van der Waals surface area contributed by atoms with E-state index in [2.05, 4.69) is 30.0 Å². The van der Waals surface area contributed by atoms with Gasteiger partial charge < -0.3 is 10.2 Å². The minimum absolute atomic E-state index is 0.601. The van der Waals surface area contributed by atoms with E-state index in [1.165, 1.54) is 12.8 Å². The molecular weight excluding hydrogens is 282 g/mol. The molecule has 1 saturated carbocycles. The van der Waals surface area contributed by atoms with Crippen molar-refractivity contribution in [1.29, 1.82) is 0 Å². The highest BCUT2D eigenvalue weighted by Crippen LogP contribution is 2.31. The van der Waals surface area contributed by atoms with Crippen molar-refractivity contribution in [2.75, 3.05) is 24.5 Å². The SMILES string of the molecule is C#CCN(CC1CC1)c1ccc(Cl)c(CNCC(C)C)n1. The highest BCUT2D eigenvalue weighted by molar-refractivity contribution is 6.31. The molecule has 1 aromatic rings. The summed E-state index contributed by atoms with van der Waals surface area (Å²) in [5.41, 5.74) is 0.896. The molecule has 0 aliphatic heterocycles. The topological polar surface area (TPSA) is 28.2 Å². The minimum Gasteiger partial charge on any atom is -0.345 e. The monoisotopic (exact) mass is 305 g/mol. The van der Waals surface area contributed by atoms with Gasteiger partial charge in [-0.05, 0) is 43.4 Å². The zero-order valence-electron chi connectivity index (χ0n) is 12.9. The average molecular weight is 306 g/mol. The van der Waals surface area contributed by atoms with Crippen LogP contribution in [0.15, 0.2) is 12.1 Å². The Labute approximate surface area is 133 Å². The fourth-order valence-corrected chi connectivity index (χ4v) is 2.39. The van der Waals surface area contributed by atoms with Gasteiger partial charge in [-0.15, -0.1) is 6.42 Å². The Balaban J connectivity index is 2.05. The van der Waals surface area contributed by atoms with Crippen LogP contribution in [-0.2, 0) is 6.54 Å². The lowest BCUT2D eigenvalue weighted by Crippen LogP contribution is -2.27. The van der Waals surface area contributed by atoms with Crippen LogP contribution in [0.4, 0.5) is 5.82 Å². The van der Waals surface area contributed by atoms with Gasteiger partial charge in [-0.2, -0.15) is 0 Å². The van der Waals surface area contributed by atoms with E-state index in [1.807, 2.05) is 12.1 Å². The van der Waals surface area contributed by atoms with E-state index < -0.39 is 0 Å². The van der Waals surface area contributed by atoms with Crippen LogP contribution in [0, 0.1) is 24.2 Å². The number of terminal acetylenes is 1. The van der Waals surface area contributed by atoms with Gasteiger partial charge in [0.25, 0.3) is 0 Å². The van der Waals surface area contributed by atoms with E-state index in [1.54, 1.807) is 0 Å². The molecule has 0 bridgehead atoms. The number of rotatable bonds is 8. The summed E-state index contributed by atoms with van der Waals surface area (Å²) in [7, 11) is 0. The van der Waals surface area contributed by atoms with Crippen molar-refractivity contribution in [1.82, 2.24) is 10.3 Å². The third kappa shape index (κ3) is 5.22. The molecule has 3 nitrogen and oxygen atoms in total. The largest absolute Gasteiger partial charge is 0.345 e. The zero-order chi connectivity index (χ0) is 15.2. The molecule has 0 amide bonds. The number of nitrogens with one attached hydrogen (secondary N) is 1. The summed E-state index contributed by atoms with van der Waals surface area (Å²) in [5.74, 6) is 5.05. The number of pyridine rings is 1. The van der Waals surface area contributed by atoms with Gasteiger partial charge in [0.15, 0.2) is 0 Å². The van der Waals surface area contributed by atoms with Crippen LogP contribution >= 0.6 is 11.6 Å². The highest BCUT2D eigenvalue weighted by Gasteiger charge is 2.24. The molecule has 0 spiro atoms. The summed E-state index contributed by atoms with van der Waals surface area (Å²) < 4.78 is 0. The van der Waals surface area contributed by atoms with Crippen molar-refractivity contribution in [3.05, 3.63) is 22.8 Å². The second-order valence-corrected chi connectivity index (χ2v) is 6.56. The van der Waals surface area contributed by atoms with Crippen molar-refractivity contribution in [2.24, 2.45) is 11.8 Å². The van der Waals surface area contributed by atoms with Crippen molar-refractivity contribution in [3.8, 4) is 12.3 Å². The fraction of sp³-hybridized carbons (Fsp3) is 0.588. The van der Waals surface area contributed by atoms with Gasteiger partial charge in [-0.25, -0.2) is 4.98 Å². The molecule has 1 aliphatic rings. The predicted octanol–water partition coefficient (Wildman–Crippen LogP) is 3.33. The molecule has 1 fully saturated rings. The molecule has 1 aliphatic carbocycles. The Bertz CT molecular complexity index is 503. The maximum absolute atomic E-state index is 6.25. The lowest BCUT2D eigenvalue weighted by Gasteiger charge is -2.22. The molecular formula is C17H24ClN3. The summed E-state index contributed by atoms with van der Waals surface area (Å²) in [4.78, 5) is 6.89. The van der Waals surface area contributed by atoms with Gasteiger partial charge in [0.05, 0.1) is 17.3 Å². The molecule has 1 N–H and O–H groups in total. The molecule has 21 heavy (non-hydrogen) atoms. The number of hydrogen-bond donors (Lipinski definition) is 1. The Hall–Kier alpha value is -1.24. The summed E-state index contributed by atoms with van der Waals surface area (Å²) in [6.07, 6.45) is 8.09. The third-order valence-electron chi connectivity index (χ3n) is 3.53. The van der Waals surface area contributed by atoms with Crippen LogP contribution in [0.5, 0.6) is 0 Å². The van der Waals surface area contributed by atoms with E-state index in [9.17, 15) is 0 Å². The van der Waals surface area contributed by atoms with Crippen LogP contribution < -0.4 is 10.2 Å². The third-order valence-corrected chi connectivity index (χ3v) is 3.87.